The Balaban J connectivity index is 1.43. The van der Waals surface area contributed by atoms with E-state index in [9.17, 15) is 4.79 Å². The Morgan fingerprint density at radius 3 is 2.49 bits per heavy atom. The molecule has 35 heavy (non-hydrogen) atoms. The Morgan fingerprint density at radius 1 is 1.06 bits per heavy atom. The Morgan fingerprint density at radius 2 is 1.80 bits per heavy atom. The summed E-state index contributed by atoms with van der Waals surface area (Å²) in [6.07, 6.45) is 0.587. The number of anilines is 1. The lowest BCUT2D eigenvalue weighted by Gasteiger charge is -2.03. The number of aromatic nitrogens is 5. The van der Waals surface area contributed by atoms with Crippen molar-refractivity contribution in [3.05, 3.63) is 92.8 Å². The maximum Gasteiger partial charge on any atom is 0.281 e. The lowest BCUT2D eigenvalue weighted by Crippen LogP contribution is -2.15. The standard InChI is InChI=1S/C25H21ClN6O2S/c1-14-4-8-18(9-5-14)23-27-21(24(34-23)32-16(3)12-15(2)31-32)22(33)28-25-30-29-20(35-25)13-17-6-10-19(26)11-7-17/h4-12H,13H2,1-3H3,(H,28,30,33). The minimum Gasteiger partial charge on any atom is -0.417 e. The van der Waals surface area contributed by atoms with Gasteiger partial charge in [0.05, 0.1) is 5.69 Å². The fraction of sp³-hybridized carbons (Fsp3) is 0.160. The number of hydrogen-bond donors (Lipinski definition) is 1. The van der Waals surface area contributed by atoms with Gasteiger partial charge in [-0.2, -0.15) is 5.10 Å². The smallest absolute Gasteiger partial charge is 0.281 e. The van der Waals surface area contributed by atoms with Gasteiger partial charge < -0.3 is 4.42 Å². The molecule has 0 radical (unpaired) electrons. The number of oxazole rings is 1. The van der Waals surface area contributed by atoms with Gasteiger partial charge in [-0.3, -0.25) is 10.1 Å². The number of nitrogens with one attached hydrogen (secondary N) is 1. The molecular weight excluding hydrogens is 484 g/mol. The van der Waals surface area contributed by atoms with Gasteiger partial charge >= 0.3 is 0 Å². The Labute approximate surface area is 210 Å². The molecule has 1 N–H and O–H groups in total. The molecule has 5 rings (SSSR count). The normalized spacial score (nSPS) is 11.1. The van der Waals surface area contributed by atoms with Crippen LogP contribution >= 0.6 is 22.9 Å². The molecule has 0 bridgehead atoms. The molecular formula is C25H21ClN6O2S. The highest BCUT2D eigenvalue weighted by molar-refractivity contribution is 7.15. The molecule has 5 aromatic rings. The van der Waals surface area contributed by atoms with E-state index in [0.29, 0.717) is 22.5 Å². The monoisotopic (exact) mass is 504 g/mol. The van der Waals surface area contributed by atoms with Crippen LogP contribution in [0, 0.1) is 20.8 Å². The molecule has 3 aromatic heterocycles. The second-order valence-electron chi connectivity index (χ2n) is 8.14. The van der Waals surface area contributed by atoms with Gasteiger partial charge in [0, 0.05) is 22.7 Å². The van der Waals surface area contributed by atoms with Gasteiger partial charge in [-0.05, 0) is 56.7 Å². The quantitative estimate of drug-likeness (QED) is 0.313. The summed E-state index contributed by atoms with van der Waals surface area (Å²) in [5.41, 5.74) is 4.67. The van der Waals surface area contributed by atoms with Crippen LogP contribution in [0.15, 0.2) is 59.0 Å². The molecule has 0 atom stereocenters. The third-order valence-corrected chi connectivity index (χ3v) is 6.37. The number of amides is 1. The van der Waals surface area contributed by atoms with Gasteiger partial charge in [-0.1, -0.05) is 52.8 Å². The first-order chi connectivity index (χ1) is 16.9. The fourth-order valence-corrected chi connectivity index (χ4v) is 4.46. The molecule has 0 spiro atoms. The summed E-state index contributed by atoms with van der Waals surface area (Å²) in [6.45, 7) is 5.77. The van der Waals surface area contributed by atoms with Crippen LogP contribution in [0.2, 0.25) is 5.02 Å². The van der Waals surface area contributed by atoms with E-state index in [-0.39, 0.29) is 11.6 Å². The van der Waals surface area contributed by atoms with Crippen molar-refractivity contribution in [2.75, 3.05) is 5.32 Å². The van der Waals surface area contributed by atoms with Gasteiger partial charge in [-0.15, -0.1) is 10.2 Å². The van der Waals surface area contributed by atoms with Gasteiger partial charge in [-0.25, -0.2) is 9.67 Å². The number of carbonyl (C=O) groups excluding carboxylic acids is 1. The van der Waals surface area contributed by atoms with E-state index in [1.165, 1.54) is 11.3 Å². The Kier molecular flexibility index (Phi) is 6.19. The van der Waals surface area contributed by atoms with Crippen LogP contribution < -0.4 is 5.32 Å². The zero-order valence-corrected chi connectivity index (χ0v) is 20.8. The molecule has 0 fully saturated rings. The van der Waals surface area contributed by atoms with E-state index in [1.54, 1.807) is 4.68 Å². The first kappa shape index (κ1) is 22.9. The zero-order valence-electron chi connectivity index (χ0n) is 19.2. The van der Waals surface area contributed by atoms with E-state index in [0.717, 1.165) is 33.1 Å². The second-order valence-corrected chi connectivity index (χ2v) is 9.63. The van der Waals surface area contributed by atoms with Crippen LogP contribution in [0.1, 0.15) is 38.0 Å². The third-order valence-electron chi connectivity index (χ3n) is 5.28. The summed E-state index contributed by atoms with van der Waals surface area (Å²) in [7, 11) is 0. The van der Waals surface area contributed by atoms with Crippen molar-refractivity contribution in [2.24, 2.45) is 0 Å². The zero-order chi connectivity index (χ0) is 24.5. The van der Waals surface area contributed by atoms with Crippen LogP contribution in [0.4, 0.5) is 5.13 Å². The number of hydrogen-bond acceptors (Lipinski definition) is 7. The Bertz CT molecular complexity index is 1500. The van der Waals surface area contributed by atoms with E-state index >= 15 is 0 Å². The van der Waals surface area contributed by atoms with Crippen molar-refractivity contribution in [1.82, 2.24) is 25.0 Å². The van der Waals surface area contributed by atoms with Gasteiger partial charge in [0.1, 0.15) is 5.01 Å². The summed E-state index contributed by atoms with van der Waals surface area (Å²) >= 11 is 7.26. The van der Waals surface area contributed by atoms with Crippen molar-refractivity contribution in [3.8, 4) is 17.3 Å². The molecule has 176 valence electrons. The summed E-state index contributed by atoms with van der Waals surface area (Å²) in [4.78, 5) is 17.8. The maximum absolute atomic E-state index is 13.3. The molecule has 0 saturated heterocycles. The third kappa shape index (κ3) is 5.01. The number of benzene rings is 2. The van der Waals surface area contributed by atoms with Crippen LogP contribution in [0.25, 0.3) is 17.3 Å². The first-order valence-electron chi connectivity index (χ1n) is 10.9. The van der Waals surface area contributed by atoms with Crippen molar-refractivity contribution < 1.29 is 9.21 Å². The molecule has 10 heteroatoms. The predicted octanol–water partition coefficient (Wildman–Crippen LogP) is 5.80. The highest BCUT2D eigenvalue weighted by atomic mass is 35.5. The SMILES string of the molecule is Cc1ccc(-c2nc(C(=O)Nc3nnc(Cc4ccc(Cl)cc4)s3)c(-n3nc(C)cc3C)o2)cc1. The summed E-state index contributed by atoms with van der Waals surface area (Å²) < 4.78 is 7.64. The minimum atomic E-state index is -0.455. The van der Waals surface area contributed by atoms with Gasteiger partial charge in [0.25, 0.3) is 11.8 Å². The topological polar surface area (TPSA) is 98.7 Å². The van der Waals surface area contributed by atoms with Crippen LogP contribution in [-0.4, -0.2) is 30.9 Å². The minimum absolute atomic E-state index is 0.112. The maximum atomic E-state index is 13.3. The molecule has 0 aliphatic rings. The highest BCUT2D eigenvalue weighted by Gasteiger charge is 2.25. The highest BCUT2D eigenvalue weighted by Crippen LogP contribution is 2.27. The molecule has 8 nitrogen and oxygen atoms in total. The molecule has 1 amide bonds. The van der Waals surface area contributed by atoms with E-state index in [1.807, 2.05) is 75.4 Å². The number of carbonyl (C=O) groups is 1. The first-order valence-corrected chi connectivity index (χ1v) is 12.0. The number of rotatable bonds is 6. The average Bonchev–Trinajstić information content (AvgIpc) is 3.54. The van der Waals surface area contributed by atoms with Gasteiger partial charge in [0.15, 0.2) is 5.69 Å². The average molecular weight is 505 g/mol. The predicted molar refractivity (Wildman–Crippen MR) is 135 cm³/mol. The molecule has 3 heterocycles. The summed E-state index contributed by atoms with van der Waals surface area (Å²) in [5, 5.41) is 17.4. The summed E-state index contributed by atoms with van der Waals surface area (Å²) in [5.74, 6) is 0.122. The lowest BCUT2D eigenvalue weighted by atomic mass is 10.1. The van der Waals surface area contributed by atoms with Crippen molar-refractivity contribution in [1.29, 1.82) is 0 Å². The lowest BCUT2D eigenvalue weighted by molar-refractivity contribution is 0.102. The number of aryl methyl sites for hydroxylation is 3. The molecule has 0 saturated carbocycles. The van der Waals surface area contributed by atoms with Crippen molar-refractivity contribution in [3.63, 3.8) is 0 Å². The fourth-order valence-electron chi connectivity index (χ4n) is 3.57. The second kappa shape index (κ2) is 9.44. The Hall–Kier alpha value is -3.82. The molecule has 0 aliphatic carbocycles. The van der Waals surface area contributed by atoms with E-state index in [2.05, 4.69) is 25.6 Å². The molecule has 0 unspecified atom stereocenters. The summed E-state index contributed by atoms with van der Waals surface area (Å²) in [6, 6.07) is 17.2. The van der Waals surface area contributed by atoms with Crippen LogP contribution in [0.3, 0.4) is 0 Å². The van der Waals surface area contributed by atoms with Crippen LogP contribution in [-0.2, 0) is 6.42 Å². The van der Waals surface area contributed by atoms with Crippen molar-refractivity contribution in [2.45, 2.75) is 27.2 Å². The molecule has 0 aliphatic heterocycles. The molecule has 2 aromatic carbocycles. The van der Waals surface area contributed by atoms with E-state index < -0.39 is 5.91 Å². The largest absolute Gasteiger partial charge is 0.417 e. The number of halogens is 1. The van der Waals surface area contributed by atoms with Crippen molar-refractivity contribution >= 4 is 34.0 Å². The van der Waals surface area contributed by atoms with Gasteiger partial charge in [0.2, 0.25) is 11.0 Å². The van der Waals surface area contributed by atoms with Crippen LogP contribution in [0.5, 0.6) is 0 Å². The van der Waals surface area contributed by atoms with E-state index in [4.69, 9.17) is 16.0 Å². The number of nitrogens with zero attached hydrogens (tertiary/aromatic N) is 5.